The van der Waals surface area contributed by atoms with Crippen LogP contribution in [0.5, 0.6) is 0 Å². The van der Waals surface area contributed by atoms with Crippen LogP contribution in [-0.2, 0) is 0 Å². The molecular weight excluding hydrogens is 200 g/mol. The predicted molar refractivity (Wildman–Crippen MR) is 67.7 cm³/mol. The molecule has 0 saturated heterocycles. The van der Waals surface area contributed by atoms with E-state index in [4.69, 9.17) is 0 Å². The average molecular weight is 218 g/mol. The van der Waals surface area contributed by atoms with Crippen LogP contribution in [0, 0.1) is 5.92 Å². The van der Waals surface area contributed by atoms with Gasteiger partial charge in [0.05, 0.1) is 11.0 Å². The van der Waals surface area contributed by atoms with Gasteiger partial charge in [0.2, 0.25) is 5.95 Å². The summed E-state index contributed by atoms with van der Waals surface area (Å²) >= 11 is 0. The molecular formula is C12H18N4. The van der Waals surface area contributed by atoms with E-state index in [0.717, 1.165) is 30.1 Å². The van der Waals surface area contributed by atoms with E-state index in [2.05, 4.69) is 27.5 Å². The van der Waals surface area contributed by atoms with Gasteiger partial charge in [-0.15, -0.1) is 0 Å². The highest BCUT2D eigenvalue weighted by Crippen LogP contribution is 2.13. The normalized spacial score (nSPS) is 12.9. The van der Waals surface area contributed by atoms with E-state index in [1.54, 1.807) is 0 Å². The molecule has 0 bridgehead atoms. The van der Waals surface area contributed by atoms with Crippen LogP contribution in [-0.4, -0.2) is 30.1 Å². The fourth-order valence-corrected chi connectivity index (χ4v) is 1.73. The molecule has 0 radical (unpaired) electrons. The average Bonchev–Trinajstić information content (AvgIpc) is 2.69. The summed E-state index contributed by atoms with van der Waals surface area (Å²) in [5.74, 6) is 1.43. The molecule has 4 nitrogen and oxygen atoms in total. The van der Waals surface area contributed by atoms with Crippen LogP contribution in [0.25, 0.3) is 11.0 Å². The van der Waals surface area contributed by atoms with Gasteiger partial charge in [0.15, 0.2) is 0 Å². The molecule has 2 aromatic rings. The lowest BCUT2D eigenvalue weighted by atomic mass is 10.2. The third-order valence-corrected chi connectivity index (χ3v) is 2.56. The van der Waals surface area contributed by atoms with Gasteiger partial charge in [0.25, 0.3) is 0 Å². The molecule has 0 aliphatic carbocycles. The Hall–Kier alpha value is -1.55. The second kappa shape index (κ2) is 4.99. The smallest absolute Gasteiger partial charge is 0.201 e. The molecule has 1 heterocycles. The Balaban J connectivity index is 1.99. The lowest BCUT2D eigenvalue weighted by Crippen LogP contribution is -2.23. The van der Waals surface area contributed by atoms with E-state index in [-0.39, 0.29) is 0 Å². The van der Waals surface area contributed by atoms with Crippen molar-refractivity contribution in [2.75, 3.05) is 25.5 Å². The predicted octanol–water partition coefficient (Wildman–Crippen LogP) is 1.83. The molecule has 0 aliphatic rings. The number of hydrogen-bond acceptors (Lipinski definition) is 3. The molecule has 1 aromatic carbocycles. The quantitative estimate of drug-likeness (QED) is 0.717. The number of hydrogen-bond donors (Lipinski definition) is 3. The highest BCUT2D eigenvalue weighted by atomic mass is 15.1. The summed E-state index contributed by atoms with van der Waals surface area (Å²) in [5.41, 5.74) is 2.08. The number of aromatic amines is 1. The minimum atomic E-state index is 0.582. The van der Waals surface area contributed by atoms with Crippen molar-refractivity contribution in [2.45, 2.75) is 6.92 Å². The minimum Gasteiger partial charge on any atom is -0.355 e. The van der Waals surface area contributed by atoms with E-state index >= 15 is 0 Å². The Kier molecular flexibility index (Phi) is 3.41. The topological polar surface area (TPSA) is 52.7 Å². The van der Waals surface area contributed by atoms with Crippen molar-refractivity contribution in [2.24, 2.45) is 5.92 Å². The van der Waals surface area contributed by atoms with Crippen LogP contribution in [0.15, 0.2) is 24.3 Å². The second-order valence-corrected chi connectivity index (χ2v) is 4.15. The molecule has 1 unspecified atom stereocenters. The Morgan fingerprint density at radius 2 is 2.12 bits per heavy atom. The van der Waals surface area contributed by atoms with Crippen molar-refractivity contribution >= 4 is 17.0 Å². The van der Waals surface area contributed by atoms with Crippen LogP contribution in [0.1, 0.15) is 6.92 Å². The summed E-state index contributed by atoms with van der Waals surface area (Å²) in [6, 6.07) is 8.04. The van der Waals surface area contributed by atoms with Gasteiger partial charge in [0.1, 0.15) is 0 Å². The van der Waals surface area contributed by atoms with E-state index < -0.39 is 0 Å². The van der Waals surface area contributed by atoms with Gasteiger partial charge in [0, 0.05) is 6.54 Å². The zero-order valence-corrected chi connectivity index (χ0v) is 9.75. The van der Waals surface area contributed by atoms with E-state index in [9.17, 15) is 0 Å². The number of nitrogens with zero attached hydrogens (tertiary/aromatic N) is 1. The molecule has 0 fully saturated rings. The first-order valence-electron chi connectivity index (χ1n) is 5.63. The van der Waals surface area contributed by atoms with Gasteiger partial charge >= 0.3 is 0 Å². The number of nitrogens with one attached hydrogen (secondary N) is 3. The first kappa shape index (κ1) is 11.0. The van der Waals surface area contributed by atoms with Crippen molar-refractivity contribution < 1.29 is 0 Å². The highest BCUT2D eigenvalue weighted by molar-refractivity contribution is 5.77. The summed E-state index contributed by atoms with van der Waals surface area (Å²) in [6.45, 7) is 4.13. The van der Waals surface area contributed by atoms with Gasteiger partial charge < -0.3 is 15.6 Å². The van der Waals surface area contributed by atoms with E-state index in [0.29, 0.717) is 5.92 Å². The fraction of sp³-hybridized carbons (Fsp3) is 0.417. The van der Waals surface area contributed by atoms with E-state index in [1.807, 2.05) is 31.3 Å². The monoisotopic (exact) mass is 218 g/mol. The maximum Gasteiger partial charge on any atom is 0.201 e. The van der Waals surface area contributed by atoms with Crippen LogP contribution in [0.3, 0.4) is 0 Å². The zero-order chi connectivity index (χ0) is 11.4. The molecule has 1 aromatic heterocycles. The first-order chi connectivity index (χ1) is 7.79. The summed E-state index contributed by atoms with van der Waals surface area (Å²) in [6.07, 6.45) is 0. The van der Waals surface area contributed by atoms with Crippen LogP contribution < -0.4 is 10.6 Å². The first-order valence-corrected chi connectivity index (χ1v) is 5.63. The molecule has 4 heteroatoms. The third-order valence-electron chi connectivity index (χ3n) is 2.56. The van der Waals surface area contributed by atoms with Crippen LogP contribution >= 0.6 is 0 Å². The van der Waals surface area contributed by atoms with Crippen LogP contribution in [0.2, 0.25) is 0 Å². The summed E-state index contributed by atoms with van der Waals surface area (Å²) < 4.78 is 0. The van der Waals surface area contributed by atoms with Crippen molar-refractivity contribution in [3.63, 3.8) is 0 Å². The van der Waals surface area contributed by atoms with Gasteiger partial charge in [-0.3, -0.25) is 0 Å². The molecule has 1 atom stereocenters. The largest absolute Gasteiger partial charge is 0.355 e. The van der Waals surface area contributed by atoms with Crippen molar-refractivity contribution in [1.82, 2.24) is 15.3 Å². The maximum atomic E-state index is 4.46. The highest BCUT2D eigenvalue weighted by Gasteiger charge is 2.03. The van der Waals surface area contributed by atoms with E-state index in [1.165, 1.54) is 0 Å². The molecule has 16 heavy (non-hydrogen) atoms. The standard InChI is InChI=1S/C12H18N4/c1-9(7-13-2)8-14-12-15-10-5-3-4-6-11(10)16-12/h3-6,9,13H,7-8H2,1-2H3,(H2,14,15,16). The minimum absolute atomic E-state index is 0.582. The fourth-order valence-electron chi connectivity index (χ4n) is 1.73. The summed E-state index contributed by atoms with van der Waals surface area (Å²) in [4.78, 5) is 7.71. The van der Waals surface area contributed by atoms with Gasteiger partial charge in [-0.1, -0.05) is 19.1 Å². The number of rotatable bonds is 5. The summed E-state index contributed by atoms with van der Waals surface area (Å²) in [5, 5.41) is 6.47. The Morgan fingerprint density at radius 1 is 1.31 bits per heavy atom. The van der Waals surface area contributed by atoms with Gasteiger partial charge in [-0.2, -0.15) is 0 Å². The van der Waals surface area contributed by atoms with Crippen molar-refractivity contribution in [3.8, 4) is 0 Å². The molecule has 0 amide bonds. The molecule has 0 spiro atoms. The third kappa shape index (κ3) is 2.52. The lowest BCUT2D eigenvalue weighted by Gasteiger charge is -2.10. The molecule has 2 rings (SSSR count). The van der Waals surface area contributed by atoms with Gasteiger partial charge in [-0.25, -0.2) is 4.98 Å². The number of para-hydroxylation sites is 2. The van der Waals surface area contributed by atoms with Crippen molar-refractivity contribution in [1.29, 1.82) is 0 Å². The molecule has 86 valence electrons. The number of imidazole rings is 1. The number of fused-ring (bicyclic) bond motifs is 1. The van der Waals surface area contributed by atoms with Gasteiger partial charge in [-0.05, 0) is 31.6 Å². The van der Waals surface area contributed by atoms with Crippen LogP contribution in [0.4, 0.5) is 5.95 Å². The van der Waals surface area contributed by atoms with Crippen molar-refractivity contribution in [3.05, 3.63) is 24.3 Å². The molecule has 3 N–H and O–H groups in total. The Bertz CT molecular complexity index is 416. The SMILES string of the molecule is CNCC(C)CNc1nc2ccccc2[nH]1. The summed E-state index contributed by atoms with van der Waals surface area (Å²) in [7, 11) is 1.97. The number of anilines is 1. The molecule has 0 aliphatic heterocycles. The number of aromatic nitrogens is 2. The molecule has 0 saturated carbocycles. The Labute approximate surface area is 95.5 Å². The number of benzene rings is 1. The second-order valence-electron chi connectivity index (χ2n) is 4.15. The lowest BCUT2D eigenvalue weighted by molar-refractivity contribution is 0.568. The maximum absolute atomic E-state index is 4.46. The Morgan fingerprint density at radius 3 is 2.88 bits per heavy atom. The number of H-pyrrole nitrogens is 1. The zero-order valence-electron chi connectivity index (χ0n) is 9.75.